The molecule has 2 aromatic heterocycles. The third-order valence-electron chi connectivity index (χ3n) is 3.10. The average Bonchev–Trinajstić information content (AvgIpc) is 2.96. The van der Waals surface area contributed by atoms with Gasteiger partial charge in [0.25, 0.3) is 0 Å². The number of aryl methyl sites for hydroxylation is 2. The Morgan fingerprint density at radius 1 is 1.30 bits per heavy atom. The van der Waals surface area contributed by atoms with Gasteiger partial charge in [0.05, 0.1) is 12.8 Å². The van der Waals surface area contributed by atoms with Crippen LogP contribution in [-0.4, -0.2) is 23.0 Å². The largest absolute Gasteiger partial charge is 0.467 e. The van der Waals surface area contributed by atoms with Crippen LogP contribution < -0.4 is 16.0 Å². The molecular formula is C16H20N4O3. The van der Waals surface area contributed by atoms with E-state index < -0.39 is 12.1 Å². The molecule has 7 nitrogen and oxygen atoms in total. The second-order valence-electron chi connectivity index (χ2n) is 5.29. The van der Waals surface area contributed by atoms with Gasteiger partial charge in [-0.1, -0.05) is 0 Å². The van der Waals surface area contributed by atoms with E-state index in [1.807, 2.05) is 19.9 Å². The molecule has 2 rings (SSSR count). The van der Waals surface area contributed by atoms with Crippen molar-refractivity contribution in [1.82, 2.24) is 15.6 Å². The quantitative estimate of drug-likeness (QED) is 0.787. The van der Waals surface area contributed by atoms with E-state index in [9.17, 15) is 9.59 Å². The third-order valence-corrected chi connectivity index (χ3v) is 3.10. The average molecular weight is 316 g/mol. The fourth-order valence-electron chi connectivity index (χ4n) is 2.06. The van der Waals surface area contributed by atoms with Gasteiger partial charge < -0.3 is 15.1 Å². The first-order chi connectivity index (χ1) is 10.9. The van der Waals surface area contributed by atoms with Crippen molar-refractivity contribution >= 4 is 17.8 Å². The molecule has 3 amide bonds. The van der Waals surface area contributed by atoms with E-state index >= 15 is 0 Å². The van der Waals surface area contributed by atoms with Crippen LogP contribution in [0.4, 0.5) is 10.6 Å². The monoisotopic (exact) mass is 316 g/mol. The molecule has 0 saturated heterocycles. The summed E-state index contributed by atoms with van der Waals surface area (Å²) < 4.78 is 5.12. The Morgan fingerprint density at radius 2 is 2.09 bits per heavy atom. The highest BCUT2D eigenvalue weighted by atomic mass is 16.3. The van der Waals surface area contributed by atoms with Crippen molar-refractivity contribution in [3.8, 4) is 0 Å². The van der Waals surface area contributed by atoms with Crippen LogP contribution >= 0.6 is 0 Å². The molecule has 2 heterocycles. The molecule has 122 valence electrons. The highest BCUT2D eigenvalue weighted by Crippen LogP contribution is 2.08. The van der Waals surface area contributed by atoms with Crippen molar-refractivity contribution < 1.29 is 14.0 Å². The van der Waals surface area contributed by atoms with E-state index in [1.165, 1.54) is 6.26 Å². The van der Waals surface area contributed by atoms with Crippen LogP contribution in [0.15, 0.2) is 34.9 Å². The lowest BCUT2D eigenvalue weighted by molar-refractivity contribution is -0.122. The number of furan rings is 1. The first kappa shape index (κ1) is 16.5. The van der Waals surface area contributed by atoms with Crippen molar-refractivity contribution in [2.75, 3.05) is 5.32 Å². The summed E-state index contributed by atoms with van der Waals surface area (Å²) in [5, 5.41) is 7.87. The van der Waals surface area contributed by atoms with Gasteiger partial charge in [-0.15, -0.1) is 0 Å². The van der Waals surface area contributed by atoms with Gasteiger partial charge in [-0.05, 0) is 50.6 Å². The minimum Gasteiger partial charge on any atom is -0.467 e. The van der Waals surface area contributed by atoms with E-state index in [0.717, 1.165) is 11.3 Å². The summed E-state index contributed by atoms with van der Waals surface area (Å²) in [6.07, 6.45) is 1.54. The molecule has 0 aliphatic carbocycles. The highest BCUT2D eigenvalue weighted by Gasteiger charge is 2.16. The zero-order chi connectivity index (χ0) is 16.8. The first-order valence-corrected chi connectivity index (χ1v) is 7.27. The second kappa shape index (κ2) is 7.44. The number of hydrogen-bond donors (Lipinski definition) is 3. The molecule has 3 N–H and O–H groups in total. The normalized spacial score (nSPS) is 11.6. The predicted molar refractivity (Wildman–Crippen MR) is 85.9 cm³/mol. The number of carbonyl (C=O) groups excluding carboxylic acids is 2. The van der Waals surface area contributed by atoms with Gasteiger partial charge in [0.15, 0.2) is 0 Å². The van der Waals surface area contributed by atoms with Crippen molar-refractivity contribution in [3.05, 3.63) is 47.5 Å². The number of nitrogens with one attached hydrogen (secondary N) is 3. The van der Waals surface area contributed by atoms with Gasteiger partial charge in [-0.25, -0.2) is 9.78 Å². The third kappa shape index (κ3) is 5.14. The van der Waals surface area contributed by atoms with Crippen LogP contribution in [0, 0.1) is 13.8 Å². The molecule has 0 saturated carbocycles. The summed E-state index contributed by atoms with van der Waals surface area (Å²) in [6.45, 7) is 5.65. The Bertz CT molecular complexity index is 662. The maximum Gasteiger partial charge on any atom is 0.321 e. The van der Waals surface area contributed by atoms with Gasteiger partial charge in [0, 0.05) is 5.69 Å². The molecule has 0 radical (unpaired) electrons. The summed E-state index contributed by atoms with van der Waals surface area (Å²) in [4.78, 5) is 28.1. The van der Waals surface area contributed by atoms with Gasteiger partial charge in [0.2, 0.25) is 5.91 Å². The van der Waals surface area contributed by atoms with Crippen LogP contribution in [0.3, 0.4) is 0 Å². The predicted octanol–water partition coefficient (Wildman–Crippen LogP) is 2.12. The van der Waals surface area contributed by atoms with Crippen LogP contribution in [0.5, 0.6) is 0 Å². The Labute approximate surface area is 134 Å². The van der Waals surface area contributed by atoms with E-state index in [4.69, 9.17) is 4.42 Å². The lowest BCUT2D eigenvalue weighted by atomic mass is 10.2. The van der Waals surface area contributed by atoms with Crippen LogP contribution in [0.2, 0.25) is 0 Å². The summed E-state index contributed by atoms with van der Waals surface area (Å²) >= 11 is 0. The number of rotatable bonds is 5. The number of anilines is 1. The second-order valence-corrected chi connectivity index (χ2v) is 5.29. The molecule has 0 spiro atoms. The minimum absolute atomic E-state index is 0.276. The Balaban J connectivity index is 1.82. The molecule has 0 fully saturated rings. The lowest BCUT2D eigenvalue weighted by Crippen LogP contribution is -2.46. The topological polar surface area (TPSA) is 96.3 Å². The van der Waals surface area contributed by atoms with Crippen molar-refractivity contribution in [2.24, 2.45) is 0 Å². The molecular weight excluding hydrogens is 296 g/mol. The standard InChI is InChI=1S/C16H20N4O3/c1-10-7-11(2)18-14(8-10)20-16(22)19-12(3)15(21)17-9-13-5-4-6-23-13/h4-8,12H,9H2,1-3H3,(H,17,21)(H2,18,19,20,22). The summed E-state index contributed by atoms with van der Waals surface area (Å²) in [5.41, 5.74) is 1.81. The van der Waals surface area contributed by atoms with Gasteiger partial charge in [-0.3, -0.25) is 10.1 Å². The Hall–Kier alpha value is -2.83. The Morgan fingerprint density at radius 3 is 2.74 bits per heavy atom. The van der Waals surface area contributed by atoms with E-state index in [2.05, 4.69) is 20.9 Å². The summed E-state index contributed by atoms with van der Waals surface area (Å²) in [6, 6.07) is 6.01. The summed E-state index contributed by atoms with van der Waals surface area (Å²) in [7, 11) is 0. The molecule has 0 aliphatic heterocycles. The van der Waals surface area contributed by atoms with Crippen molar-refractivity contribution in [2.45, 2.75) is 33.4 Å². The maximum absolute atomic E-state index is 11.9. The van der Waals surface area contributed by atoms with E-state index in [0.29, 0.717) is 11.6 Å². The van der Waals surface area contributed by atoms with Crippen LogP contribution in [0.25, 0.3) is 0 Å². The number of nitrogens with zero attached hydrogens (tertiary/aromatic N) is 1. The number of amides is 3. The lowest BCUT2D eigenvalue weighted by Gasteiger charge is -2.14. The fraction of sp³-hybridized carbons (Fsp3) is 0.312. The molecule has 1 unspecified atom stereocenters. The minimum atomic E-state index is -0.684. The van der Waals surface area contributed by atoms with Crippen molar-refractivity contribution in [3.63, 3.8) is 0 Å². The zero-order valence-electron chi connectivity index (χ0n) is 13.3. The number of urea groups is 1. The zero-order valence-corrected chi connectivity index (χ0v) is 13.3. The molecule has 23 heavy (non-hydrogen) atoms. The maximum atomic E-state index is 11.9. The fourth-order valence-corrected chi connectivity index (χ4v) is 2.06. The van der Waals surface area contributed by atoms with E-state index in [1.54, 1.807) is 25.1 Å². The van der Waals surface area contributed by atoms with Crippen LogP contribution in [-0.2, 0) is 11.3 Å². The smallest absolute Gasteiger partial charge is 0.321 e. The molecule has 0 bridgehead atoms. The highest BCUT2D eigenvalue weighted by molar-refractivity contribution is 5.92. The number of aromatic nitrogens is 1. The van der Waals surface area contributed by atoms with Crippen molar-refractivity contribution in [1.29, 1.82) is 0 Å². The molecule has 7 heteroatoms. The molecule has 0 aliphatic rings. The number of carbonyl (C=O) groups is 2. The summed E-state index contributed by atoms with van der Waals surface area (Å²) in [5.74, 6) is 0.794. The Kier molecular flexibility index (Phi) is 5.35. The van der Waals surface area contributed by atoms with E-state index in [-0.39, 0.29) is 12.5 Å². The molecule has 2 aromatic rings. The van der Waals surface area contributed by atoms with Gasteiger partial charge in [-0.2, -0.15) is 0 Å². The van der Waals surface area contributed by atoms with Crippen LogP contribution in [0.1, 0.15) is 23.9 Å². The number of hydrogen-bond acceptors (Lipinski definition) is 4. The SMILES string of the molecule is Cc1cc(C)nc(NC(=O)NC(C)C(=O)NCc2ccco2)c1. The molecule has 1 atom stereocenters. The van der Waals surface area contributed by atoms with Gasteiger partial charge >= 0.3 is 6.03 Å². The molecule has 0 aromatic carbocycles. The van der Waals surface area contributed by atoms with Gasteiger partial charge in [0.1, 0.15) is 17.6 Å². The number of pyridine rings is 1. The first-order valence-electron chi connectivity index (χ1n) is 7.27.